The molecule has 0 aliphatic rings. The first-order chi connectivity index (χ1) is 16.5. The topological polar surface area (TPSA) is 128 Å². The van der Waals surface area contributed by atoms with E-state index in [4.69, 9.17) is 33.4 Å². The summed E-state index contributed by atoms with van der Waals surface area (Å²) in [6.07, 6.45) is 0. The fraction of sp³-hybridized carbons (Fsp3) is 0.115. The summed E-state index contributed by atoms with van der Waals surface area (Å²) < 4.78 is 0. The molecule has 0 aliphatic heterocycles. The molecule has 3 rings (SSSR count). The van der Waals surface area contributed by atoms with Gasteiger partial charge in [0.25, 0.3) is 0 Å². The zero-order valence-corrected chi connectivity index (χ0v) is 24.2. The van der Waals surface area contributed by atoms with Crippen molar-refractivity contribution in [1.82, 2.24) is 0 Å². The number of nitrogens with zero attached hydrogens (tertiary/aromatic N) is 2. The van der Waals surface area contributed by atoms with Crippen molar-refractivity contribution in [3.63, 3.8) is 0 Å². The summed E-state index contributed by atoms with van der Waals surface area (Å²) in [7, 11) is 0. The van der Waals surface area contributed by atoms with Crippen LogP contribution in [0.1, 0.15) is 30.5 Å². The molecular formula is C26H26Cl2N2O5Sn. The van der Waals surface area contributed by atoms with E-state index in [-0.39, 0.29) is 47.5 Å². The number of halogens is 2. The third-order valence-corrected chi connectivity index (χ3v) is 3.95. The number of carboxylic acids is 1. The summed E-state index contributed by atoms with van der Waals surface area (Å²) in [5, 5.41) is 46.0. The first kappa shape index (κ1) is 35.3. The number of aliphatic carboxylic acids is 1. The number of phenolic OH excluding ortho intramolecular Hbond substituents is 1. The summed E-state index contributed by atoms with van der Waals surface area (Å²) in [6, 6.07) is 20.2. The Morgan fingerprint density at radius 2 is 1.31 bits per heavy atom. The van der Waals surface area contributed by atoms with Gasteiger partial charge in [-0.2, -0.15) is 47.3 Å². The molecule has 7 nitrogen and oxygen atoms in total. The van der Waals surface area contributed by atoms with Gasteiger partial charge in [-0.15, -0.1) is 24.3 Å². The Morgan fingerprint density at radius 1 is 0.889 bits per heavy atom. The van der Waals surface area contributed by atoms with Crippen molar-refractivity contribution in [1.29, 1.82) is 0 Å². The van der Waals surface area contributed by atoms with Crippen molar-refractivity contribution >= 4 is 64.7 Å². The Balaban J connectivity index is 0. The quantitative estimate of drug-likeness (QED) is 0.150. The third kappa shape index (κ3) is 17.6. The van der Waals surface area contributed by atoms with E-state index in [2.05, 4.69) is 24.1 Å². The van der Waals surface area contributed by atoms with Crippen molar-refractivity contribution in [2.24, 2.45) is 10.2 Å². The molecule has 36 heavy (non-hydrogen) atoms. The van der Waals surface area contributed by atoms with Gasteiger partial charge >= 0.3 is 23.9 Å². The number of benzene rings is 3. The zero-order valence-electron chi connectivity index (χ0n) is 19.8. The summed E-state index contributed by atoms with van der Waals surface area (Å²) in [5.41, 5.74) is 1.73. The second-order valence-corrected chi connectivity index (χ2v) is 7.37. The van der Waals surface area contributed by atoms with Crippen LogP contribution in [0.15, 0.2) is 83.0 Å². The maximum absolute atomic E-state index is 11.3. The van der Waals surface area contributed by atoms with Gasteiger partial charge in [0.05, 0.1) is 11.7 Å². The number of rotatable bonds is 3. The summed E-state index contributed by atoms with van der Waals surface area (Å²) >= 11 is 11.2. The van der Waals surface area contributed by atoms with E-state index in [9.17, 15) is 15.0 Å². The van der Waals surface area contributed by atoms with Gasteiger partial charge in [-0.25, -0.2) is 0 Å². The molecule has 0 unspecified atom stereocenters. The molecule has 0 aromatic heterocycles. The smallest absolute Gasteiger partial charge is 0.857 e. The Bertz CT molecular complexity index is 1030. The Hall–Kier alpha value is -2.85. The van der Waals surface area contributed by atoms with E-state index in [1.165, 1.54) is 31.2 Å². The number of aliphatic hydroxyl groups excluding tert-OH is 1. The Labute approximate surface area is 238 Å². The maximum atomic E-state index is 11.3. The largest absolute Gasteiger partial charge is 4.00 e. The van der Waals surface area contributed by atoms with E-state index < -0.39 is 11.9 Å². The van der Waals surface area contributed by atoms with Crippen molar-refractivity contribution in [3.05, 3.63) is 113 Å². The average Bonchev–Trinajstić information content (AvgIpc) is 2.79. The second-order valence-electron chi connectivity index (χ2n) is 6.50. The summed E-state index contributed by atoms with van der Waals surface area (Å²) in [5.74, 6) is -2.16. The van der Waals surface area contributed by atoms with Gasteiger partial charge < -0.3 is 25.2 Å². The molecule has 0 saturated heterocycles. The van der Waals surface area contributed by atoms with E-state index in [1.54, 1.807) is 6.92 Å². The Kier molecular flexibility index (Phi) is 20.0. The van der Waals surface area contributed by atoms with Crippen LogP contribution in [0.3, 0.4) is 0 Å². The SMILES string of the molecule is C/C(=N\N=C(/[O-])c1ccc(O)cc1)C(=O)[O-].CCO.[CH2-]c1cccc(Cl)c1.[CH2-]c1cccc(Cl)c1.[Sn+4]. The fourth-order valence-electron chi connectivity index (χ4n) is 1.90. The molecule has 2 N–H and O–H groups in total. The van der Waals surface area contributed by atoms with E-state index >= 15 is 0 Å². The molecule has 0 saturated carbocycles. The van der Waals surface area contributed by atoms with Gasteiger partial charge in [-0.1, -0.05) is 47.5 Å². The van der Waals surface area contributed by atoms with Crippen LogP contribution in [-0.2, 0) is 4.79 Å². The van der Waals surface area contributed by atoms with Crippen LogP contribution in [0, 0.1) is 13.8 Å². The van der Waals surface area contributed by atoms with Crippen LogP contribution < -0.4 is 10.2 Å². The summed E-state index contributed by atoms with van der Waals surface area (Å²) in [6.45, 7) is 10.5. The predicted molar refractivity (Wildman–Crippen MR) is 143 cm³/mol. The minimum absolute atomic E-state index is 0. The van der Waals surface area contributed by atoms with E-state index in [1.807, 2.05) is 48.5 Å². The monoisotopic (exact) mass is 636 g/mol. The standard InChI is InChI=1S/C10H10N2O4.2C7H6Cl.C2H6O.Sn/c1-6(10(15)16)11-12-9(14)7-2-4-8(13)5-3-7;2*1-6-3-2-4-7(8)5-6;1-2-3;/h2-5,13H,1H3,(H,12,14)(H,15,16);2*2-5H,1H2;3H,2H2,1H3;/q;2*-1;;+4/p-2/b11-6+;;;;. The van der Waals surface area contributed by atoms with E-state index in [0.717, 1.165) is 21.2 Å². The molecule has 0 spiro atoms. The second kappa shape index (κ2) is 20.4. The molecule has 3 aromatic rings. The fourth-order valence-corrected chi connectivity index (χ4v) is 2.32. The molecule has 10 heteroatoms. The summed E-state index contributed by atoms with van der Waals surface area (Å²) in [4.78, 5) is 10.2. The zero-order chi connectivity index (χ0) is 26.8. The van der Waals surface area contributed by atoms with Crippen LogP contribution >= 0.6 is 23.2 Å². The molecule has 0 radical (unpaired) electrons. The van der Waals surface area contributed by atoms with Crippen LogP contribution in [0.25, 0.3) is 0 Å². The number of hydrogen-bond acceptors (Lipinski definition) is 7. The molecule has 188 valence electrons. The van der Waals surface area contributed by atoms with Gasteiger partial charge in [-0.05, 0) is 41.6 Å². The van der Waals surface area contributed by atoms with Crippen LogP contribution in [0.5, 0.6) is 5.75 Å². The van der Waals surface area contributed by atoms with Crippen LogP contribution in [0.4, 0.5) is 0 Å². The molecule has 0 heterocycles. The average molecular weight is 636 g/mol. The number of carboxylic acid groups (broad SMARTS) is 1. The Morgan fingerprint density at radius 3 is 1.61 bits per heavy atom. The minimum atomic E-state index is -1.48. The number of carbonyl (C=O) groups is 1. The van der Waals surface area contributed by atoms with Crippen LogP contribution in [0.2, 0.25) is 10.0 Å². The predicted octanol–water partition coefficient (Wildman–Crippen LogP) is 3.29. The van der Waals surface area contributed by atoms with Gasteiger partial charge in [-0.3, -0.25) is 0 Å². The van der Waals surface area contributed by atoms with Gasteiger partial charge in [0.15, 0.2) is 0 Å². The number of aromatic hydroxyl groups is 1. The first-order valence-corrected chi connectivity index (χ1v) is 10.8. The first-order valence-electron chi connectivity index (χ1n) is 10.1. The number of carbonyl (C=O) groups excluding carboxylic acids is 1. The number of hydrogen-bond donors (Lipinski definition) is 2. The van der Waals surface area contributed by atoms with Crippen LogP contribution in [-0.4, -0.2) is 58.3 Å². The van der Waals surface area contributed by atoms with Crippen molar-refractivity contribution < 1.29 is 25.2 Å². The molecule has 0 fully saturated rings. The number of aliphatic hydroxyl groups is 1. The maximum Gasteiger partial charge on any atom is 4.00 e. The molecule has 0 bridgehead atoms. The van der Waals surface area contributed by atoms with Crippen molar-refractivity contribution in [3.8, 4) is 5.75 Å². The number of phenols is 1. The van der Waals surface area contributed by atoms with Gasteiger partial charge in [0.1, 0.15) is 5.75 Å². The molecule has 0 amide bonds. The van der Waals surface area contributed by atoms with E-state index in [0.29, 0.717) is 0 Å². The molecule has 0 atom stereocenters. The normalized spacial score (nSPS) is 10.1. The van der Waals surface area contributed by atoms with Crippen molar-refractivity contribution in [2.75, 3.05) is 6.61 Å². The van der Waals surface area contributed by atoms with Gasteiger partial charge in [0, 0.05) is 12.5 Å². The molecular weight excluding hydrogens is 610 g/mol. The minimum Gasteiger partial charge on any atom is -0.857 e. The van der Waals surface area contributed by atoms with Crippen molar-refractivity contribution in [2.45, 2.75) is 13.8 Å². The van der Waals surface area contributed by atoms with Gasteiger partial charge in [0.2, 0.25) is 0 Å². The third-order valence-electron chi connectivity index (χ3n) is 3.48. The molecule has 3 aromatic carbocycles. The molecule has 0 aliphatic carbocycles.